The quantitative estimate of drug-likeness (QED) is 0.456. The predicted molar refractivity (Wildman–Crippen MR) is 79.5 cm³/mol. The third-order valence-electron chi connectivity index (χ3n) is 3.27. The Balaban J connectivity index is 3.59. The monoisotopic (exact) mass is 306 g/mol. The molecule has 1 rings (SSSR count). The average molecular weight is 306 g/mol. The minimum atomic E-state index is -1.38. The predicted octanol–water partition coefficient (Wildman–Crippen LogP) is 2.83. The number of carboxylic acids is 2. The van der Waals surface area contributed by atoms with Crippen molar-refractivity contribution in [3.05, 3.63) is 41.0 Å². The standard InChI is InChI=1S/C16H18O6/c1-4-6-7-10-9(3)12(22-13(17)5-2)8-11(15(18)19)14(10)16(20)21/h5,8H,2,4,6-7H2,1,3H3,(H,18,19)(H,20,21). The van der Waals surface area contributed by atoms with E-state index in [1.807, 2.05) is 6.92 Å². The molecule has 0 saturated heterocycles. The van der Waals surface area contributed by atoms with E-state index in [9.17, 15) is 24.6 Å². The molecular weight excluding hydrogens is 288 g/mol. The number of benzene rings is 1. The van der Waals surface area contributed by atoms with Crippen molar-refractivity contribution in [3.63, 3.8) is 0 Å². The summed E-state index contributed by atoms with van der Waals surface area (Å²) < 4.78 is 5.03. The maximum atomic E-state index is 11.5. The number of ether oxygens (including phenoxy) is 1. The van der Waals surface area contributed by atoms with Crippen molar-refractivity contribution in [3.8, 4) is 5.75 Å². The second kappa shape index (κ2) is 7.40. The Morgan fingerprint density at radius 1 is 1.27 bits per heavy atom. The van der Waals surface area contributed by atoms with Gasteiger partial charge in [0.1, 0.15) is 5.75 Å². The molecule has 0 unspecified atom stereocenters. The lowest BCUT2D eigenvalue weighted by Crippen LogP contribution is -2.15. The largest absolute Gasteiger partial charge is 0.478 e. The Morgan fingerprint density at radius 2 is 1.91 bits per heavy atom. The third-order valence-corrected chi connectivity index (χ3v) is 3.27. The van der Waals surface area contributed by atoms with E-state index in [0.29, 0.717) is 24.0 Å². The Bertz CT molecular complexity index is 630. The zero-order chi connectivity index (χ0) is 16.9. The molecule has 22 heavy (non-hydrogen) atoms. The van der Waals surface area contributed by atoms with Crippen LogP contribution in [0.2, 0.25) is 0 Å². The van der Waals surface area contributed by atoms with Crippen LogP contribution >= 0.6 is 0 Å². The zero-order valence-corrected chi connectivity index (χ0v) is 12.5. The molecule has 0 aromatic heterocycles. The van der Waals surface area contributed by atoms with E-state index in [4.69, 9.17) is 4.74 Å². The summed E-state index contributed by atoms with van der Waals surface area (Å²) in [5, 5.41) is 18.6. The van der Waals surface area contributed by atoms with E-state index in [1.54, 1.807) is 6.92 Å². The van der Waals surface area contributed by atoms with E-state index < -0.39 is 23.5 Å². The number of aromatic carboxylic acids is 2. The van der Waals surface area contributed by atoms with Crippen molar-refractivity contribution in [2.24, 2.45) is 0 Å². The van der Waals surface area contributed by atoms with Gasteiger partial charge in [0, 0.05) is 6.08 Å². The molecule has 0 aliphatic rings. The number of unbranched alkanes of at least 4 members (excludes halogenated alkanes) is 1. The van der Waals surface area contributed by atoms with E-state index >= 15 is 0 Å². The van der Waals surface area contributed by atoms with Gasteiger partial charge in [-0.3, -0.25) is 0 Å². The van der Waals surface area contributed by atoms with Gasteiger partial charge in [-0.1, -0.05) is 19.9 Å². The van der Waals surface area contributed by atoms with Crippen LogP contribution in [-0.2, 0) is 11.2 Å². The molecule has 1 aromatic carbocycles. The zero-order valence-electron chi connectivity index (χ0n) is 12.5. The maximum absolute atomic E-state index is 11.5. The fraction of sp³-hybridized carbons (Fsp3) is 0.312. The lowest BCUT2D eigenvalue weighted by Gasteiger charge is -2.16. The highest BCUT2D eigenvalue weighted by Crippen LogP contribution is 2.30. The lowest BCUT2D eigenvalue weighted by atomic mass is 9.92. The van der Waals surface area contributed by atoms with Crippen LogP contribution in [0.4, 0.5) is 0 Å². The topological polar surface area (TPSA) is 101 Å². The molecule has 0 aliphatic carbocycles. The first-order valence-electron chi connectivity index (χ1n) is 6.80. The highest BCUT2D eigenvalue weighted by Gasteiger charge is 2.25. The van der Waals surface area contributed by atoms with Crippen LogP contribution in [0.3, 0.4) is 0 Å². The molecule has 0 bridgehead atoms. The van der Waals surface area contributed by atoms with E-state index in [-0.39, 0.29) is 11.3 Å². The summed E-state index contributed by atoms with van der Waals surface area (Å²) in [7, 11) is 0. The number of hydrogen-bond acceptors (Lipinski definition) is 4. The van der Waals surface area contributed by atoms with Crippen LogP contribution in [0.15, 0.2) is 18.7 Å². The summed E-state index contributed by atoms with van der Waals surface area (Å²) in [6.45, 7) is 6.82. The molecule has 0 spiro atoms. The van der Waals surface area contributed by atoms with Crippen molar-refractivity contribution in [1.82, 2.24) is 0 Å². The van der Waals surface area contributed by atoms with Crippen LogP contribution in [0.25, 0.3) is 0 Å². The summed E-state index contributed by atoms with van der Waals surface area (Å²) in [5.74, 6) is -3.39. The van der Waals surface area contributed by atoms with Crippen molar-refractivity contribution >= 4 is 17.9 Å². The molecule has 2 N–H and O–H groups in total. The van der Waals surface area contributed by atoms with Gasteiger partial charge in [-0.15, -0.1) is 0 Å². The van der Waals surface area contributed by atoms with Gasteiger partial charge in [0.2, 0.25) is 0 Å². The highest BCUT2D eigenvalue weighted by atomic mass is 16.5. The molecule has 0 aliphatic heterocycles. The highest BCUT2D eigenvalue weighted by molar-refractivity contribution is 6.03. The van der Waals surface area contributed by atoms with Gasteiger partial charge in [0.25, 0.3) is 0 Å². The summed E-state index contributed by atoms with van der Waals surface area (Å²) in [6.07, 6.45) is 2.86. The first-order chi connectivity index (χ1) is 10.3. The van der Waals surface area contributed by atoms with E-state index in [2.05, 4.69) is 6.58 Å². The van der Waals surface area contributed by atoms with Crippen molar-refractivity contribution in [2.75, 3.05) is 0 Å². The molecule has 6 nitrogen and oxygen atoms in total. The second-order valence-corrected chi connectivity index (χ2v) is 4.74. The first-order valence-corrected chi connectivity index (χ1v) is 6.80. The fourth-order valence-corrected chi connectivity index (χ4v) is 2.15. The molecule has 0 atom stereocenters. The van der Waals surface area contributed by atoms with E-state index in [1.165, 1.54) is 0 Å². The first kappa shape index (κ1) is 17.4. The molecule has 0 amide bonds. The Kier molecular flexibility index (Phi) is 5.86. The summed E-state index contributed by atoms with van der Waals surface area (Å²) in [5.41, 5.74) is 0.181. The lowest BCUT2D eigenvalue weighted by molar-refractivity contribution is -0.129. The molecule has 0 fully saturated rings. The number of rotatable bonds is 7. The van der Waals surface area contributed by atoms with Gasteiger partial charge in [-0.2, -0.15) is 0 Å². The molecule has 118 valence electrons. The number of hydrogen-bond donors (Lipinski definition) is 2. The Morgan fingerprint density at radius 3 is 2.36 bits per heavy atom. The molecule has 0 saturated carbocycles. The van der Waals surface area contributed by atoms with Gasteiger partial charge in [-0.05, 0) is 37.0 Å². The smallest absolute Gasteiger partial charge is 0.336 e. The van der Waals surface area contributed by atoms with Crippen LogP contribution in [0.5, 0.6) is 5.75 Å². The third kappa shape index (κ3) is 3.72. The molecular formula is C16H18O6. The van der Waals surface area contributed by atoms with Gasteiger partial charge >= 0.3 is 17.9 Å². The van der Waals surface area contributed by atoms with Crippen LogP contribution < -0.4 is 4.74 Å². The van der Waals surface area contributed by atoms with Gasteiger partial charge in [-0.25, -0.2) is 14.4 Å². The summed E-state index contributed by atoms with van der Waals surface area (Å²) >= 11 is 0. The second-order valence-electron chi connectivity index (χ2n) is 4.74. The molecule has 0 radical (unpaired) electrons. The van der Waals surface area contributed by atoms with Crippen LogP contribution in [0.1, 0.15) is 51.6 Å². The SMILES string of the molecule is C=CC(=O)Oc1cc(C(=O)O)c(C(=O)O)c(CCCC)c1C. The number of carbonyl (C=O) groups is 3. The van der Waals surface area contributed by atoms with Crippen molar-refractivity contribution in [2.45, 2.75) is 33.1 Å². The minimum Gasteiger partial charge on any atom is -0.478 e. The molecule has 6 heteroatoms. The Hall–Kier alpha value is -2.63. The van der Waals surface area contributed by atoms with Gasteiger partial charge < -0.3 is 14.9 Å². The summed E-state index contributed by atoms with van der Waals surface area (Å²) in [4.78, 5) is 34.2. The minimum absolute atomic E-state index is 0.0402. The van der Waals surface area contributed by atoms with Gasteiger partial charge in [0.05, 0.1) is 11.1 Å². The normalized spacial score (nSPS) is 10.1. The maximum Gasteiger partial charge on any atom is 0.336 e. The number of carboxylic acid groups (broad SMARTS) is 2. The fourth-order valence-electron chi connectivity index (χ4n) is 2.15. The van der Waals surface area contributed by atoms with Crippen molar-refractivity contribution < 1.29 is 29.3 Å². The Labute approximate surface area is 128 Å². The summed E-state index contributed by atoms with van der Waals surface area (Å²) in [6, 6.07) is 1.07. The van der Waals surface area contributed by atoms with Crippen LogP contribution in [0, 0.1) is 6.92 Å². The van der Waals surface area contributed by atoms with Crippen LogP contribution in [-0.4, -0.2) is 28.1 Å². The number of carbonyl (C=O) groups excluding carboxylic acids is 1. The number of esters is 1. The van der Waals surface area contributed by atoms with Crippen molar-refractivity contribution in [1.29, 1.82) is 0 Å². The van der Waals surface area contributed by atoms with E-state index in [0.717, 1.165) is 18.6 Å². The molecule has 0 heterocycles. The van der Waals surface area contributed by atoms with Gasteiger partial charge in [0.15, 0.2) is 0 Å². The average Bonchev–Trinajstić information content (AvgIpc) is 2.46. The molecule has 1 aromatic rings.